The molecule has 132 valence electrons. The number of pyridine rings is 1. The summed E-state index contributed by atoms with van der Waals surface area (Å²) >= 11 is 0. The van der Waals surface area contributed by atoms with Crippen molar-refractivity contribution in [1.82, 2.24) is 4.98 Å². The number of anilines is 1. The molecular weight excluding hydrogens is 328 g/mol. The lowest BCUT2D eigenvalue weighted by Gasteiger charge is -2.12. The van der Waals surface area contributed by atoms with Crippen LogP contribution in [0.1, 0.15) is 16.7 Å². The standard InChI is InChI=1S/C21H20N2O3/c24-14-18-10-11-22-13-19(18)23-21(25)15-26-20-9-5-4-8-17(20)12-16-6-2-1-3-7-16/h1-11,13,24H,12,14-15H2,(H,23,25). The zero-order valence-electron chi connectivity index (χ0n) is 14.3. The Labute approximate surface area is 152 Å². The monoisotopic (exact) mass is 348 g/mol. The van der Waals surface area contributed by atoms with Crippen LogP contribution in [0.3, 0.4) is 0 Å². The van der Waals surface area contributed by atoms with Gasteiger partial charge in [0.1, 0.15) is 5.75 Å². The average Bonchev–Trinajstić information content (AvgIpc) is 2.68. The van der Waals surface area contributed by atoms with Crippen LogP contribution in [0.4, 0.5) is 5.69 Å². The zero-order chi connectivity index (χ0) is 18.2. The second-order valence-electron chi connectivity index (χ2n) is 5.80. The van der Waals surface area contributed by atoms with E-state index in [9.17, 15) is 9.90 Å². The van der Waals surface area contributed by atoms with Gasteiger partial charge in [0.15, 0.2) is 6.61 Å². The first-order valence-corrected chi connectivity index (χ1v) is 8.34. The molecule has 0 bridgehead atoms. The lowest BCUT2D eigenvalue weighted by atomic mass is 10.0. The molecular formula is C21H20N2O3. The minimum atomic E-state index is -0.304. The first-order chi connectivity index (χ1) is 12.8. The Morgan fingerprint density at radius 3 is 2.58 bits per heavy atom. The maximum absolute atomic E-state index is 12.2. The van der Waals surface area contributed by atoms with Gasteiger partial charge in [0, 0.05) is 18.2 Å². The number of ether oxygens (including phenoxy) is 1. The number of rotatable bonds is 7. The van der Waals surface area contributed by atoms with Gasteiger partial charge in [-0.1, -0.05) is 48.5 Å². The Morgan fingerprint density at radius 2 is 1.77 bits per heavy atom. The second kappa shape index (κ2) is 8.78. The molecule has 5 heteroatoms. The predicted molar refractivity (Wildman–Crippen MR) is 100.0 cm³/mol. The molecule has 1 aromatic heterocycles. The molecule has 0 aliphatic rings. The second-order valence-corrected chi connectivity index (χ2v) is 5.80. The van der Waals surface area contributed by atoms with Gasteiger partial charge in [-0.05, 0) is 23.3 Å². The van der Waals surface area contributed by atoms with Gasteiger partial charge in [-0.2, -0.15) is 0 Å². The number of aliphatic hydroxyl groups excluding tert-OH is 1. The summed E-state index contributed by atoms with van der Waals surface area (Å²) in [6.07, 6.45) is 3.81. The molecule has 3 rings (SSSR count). The Kier molecular flexibility index (Phi) is 5.96. The minimum absolute atomic E-state index is 0.119. The summed E-state index contributed by atoms with van der Waals surface area (Å²) < 4.78 is 5.72. The van der Waals surface area contributed by atoms with Crippen molar-refractivity contribution >= 4 is 11.6 Å². The number of carbonyl (C=O) groups excluding carboxylic acids is 1. The molecule has 2 N–H and O–H groups in total. The molecule has 1 heterocycles. The van der Waals surface area contributed by atoms with E-state index in [1.165, 1.54) is 11.8 Å². The minimum Gasteiger partial charge on any atom is -0.483 e. The van der Waals surface area contributed by atoms with Crippen molar-refractivity contribution in [2.45, 2.75) is 13.0 Å². The van der Waals surface area contributed by atoms with Gasteiger partial charge < -0.3 is 15.2 Å². The van der Waals surface area contributed by atoms with E-state index >= 15 is 0 Å². The largest absolute Gasteiger partial charge is 0.483 e. The first kappa shape index (κ1) is 17.6. The summed E-state index contributed by atoms with van der Waals surface area (Å²) in [6.45, 7) is -0.287. The number of benzene rings is 2. The predicted octanol–water partition coefficient (Wildman–Crippen LogP) is 3.18. The lowest BCUT2D eigenvalue weighted by Crippen LogP contribution is -2.21. The number of aliphatic hydroxyl groups is 1. The summed E-state index contributed by atoms with van der Waals surface area (Å²) in [7, 11) is 0. The molecule has 2 aromatic carbocycles. The molecule has 26 heavy (non-hydrogen) atoms. The summed E-state index contributed by atoms with van der Waals surface area (Å²) in [6, 6.07) is 19.4. The Hall–Kier alpha value is -3.18. The fraction of sp³-hybridized carbons (Fsp3) is 0.143. The van der Waals surface area contributed by atoms with Crippen molar-refractivity contribution in [1.29, 1.82) is 0 Å². The van der Waals surface area contributed by atoms with Crippen molar-refractivity contribution < 1.29 is 14.6 Å². The van der Waals surface area contributed by atoms with E-state index in [4.69, 9.17) is 4.74 Å². The van der Waals surface area contributed by atoms with Crippen LogP contribution in [0.2, 0.25) is 0 Å². The van der Waals surface area contributed by atoms with E-state index in [-0.39, 0.29) is 19.1 Å². The maximum atomic E-state index is 12.2. The van der Waals surface area contributed by atoms with Crippen molar-refractivity contribution in [2.75, 3.05) is 11.9 Å². The molecule has 0 saturated carbocycles. The van der Waals surface area contributed by atoms with Gasteiger partial charge in [0.2, 0.25) is 0 Å². The van der Waals surface area contributed by atoms with Gasteiger partial charge in [0.25, 0.3) is 5.91 Å². The van der Waals surface area contributed by atoms with Crippen LogP contribution in [0.25, 0.3) is 0 Å². The molecule has 0 atom stereocenters. The topological polar surface area (TPSA) is 71.5 Å². The van der Waals surface area contributed by atoms with Crippen LogP contribution >= 0.6 is 0 Å². The van der Waals surface area contributed by atoms with Crippen LogP contribution in [-0.4, -0.2) is 22.6 Å². The molecule has 5 nitrogen and oxygen atoms in total. The molecule has 1 amide bonds. The van der Waals surface area contributed by atoms with E-state index in [1.54, 1.807) is 12.3 Å². The highest BCUT2D eigenvalue weighted by Crippen LogP contribution is 2.21. The molecule has 0 unspecified atom stereocenters. The number of nitrogens with zero attached hydrogens (tertiary/aromatic N) is 1. The van der Waals surface area contributed by atoms with E-state index in [1.807, 2.05) is 42.5 Å². The van der Waals surface area contributed by atoms with Crippen molar-refractivity contribution in [3.05, 3.63) is 89.7 Å². The summed E-state index contributed by atoms with van der Waals surface area (Å²) in [5.74, 6) is 0.377. The zero-order valence-corrected chi connectivity index (χ0v) is 14.3. The van der Waals surface area contributed by atoms with Gasteiger partial charge in [-0.15, -0.1) is 0 Å². The van der Waals surface area contributed by atoms with E-state index in [0.29, 0.717) is 17.0 Å². The van der Waals surface area contributed by atoms with Gasteiger partial charge >= 0.3 is 0 Å². The highest BCUT2D eigenvalue weighted by molar-refractivity contribution is 5.92. The van der Waals surface area contributed by atoms with Crippen molar-refractivity contribution in [2.24, 2.45) is 0 Å². The molecule has 0 saturated heterocycles. The molecule has 0 aliphatic heterocycles. The lowest BCUT2D eigenvalue weighted by molar-refractivity contribution is -0.118. The van der Waals surface area contributed by atoms with Crippen LogP contribution in [-0.2, 0) is 17.8 Å². The first-order valence-electron chi connectivity index (χ1n) is 8.34. The van der Waals surface area contributed by atoms with Gasteiger partial charge in [0.05, 0.1) is 18.5 Å². The Morgan fingerprint density at radius 1 is 1.00 bits per heavy atom. The number of hydrogen-bond donors (Lipinski definition) is 2. The Bertz CT molecular complexity index is 866. The average molecular weight is 348 g/mol. The fourth-order valence-electron chi connectivity index (χ4n) is 2.61. The van der Waals surface area contributed by atoms with Crippen molar-refractivity contribution in [3.8, 4) is 5.75 Å². The fourth-order valence-corrected chi connectivity index (χ4v) is 2.61. The molecule has 3 aromatic rings. The smallest absolute Gasteiger partial charge is 0.262 e. The SMILES string of the molecule is O=C(COc1ccccc1Cc1ccccc1)Nc1cnccc1CO. The van der Waals surface area contributed by atoms with Gasteiger partial charge in [-0.25, -0.2) is 0 Å². The molecule has 0 fully saturated rings. The highest BCUT2D eigenvalue weighted by Gasteiger charge is 2.09. The normalized spacial score (nSPS) is 10.3. The summed E-state index contributed by atoms with van der Waals surface area (Å²) in [5.41, 5.74) is 3.29. The number of amides is 1. The van der Waals surface area contributed by atoms with Crippen LogP contribution in [0, 0.1) is 0 Å². The Balaban J connectivity index is 1.63. The van der Waals surface area contributed by atoms with E-state index in [2.05, 4.69) is 22.4 Å². The number of para-hydroxylation sites is 1. The number of carbonyl (C=O) groups is 1. The third-order valence-corrected chi connectivity index (χ3v) is 3.92. The third-order valence-electron chi connectivity index (χ3n) is 3.92. The van der Waals surface area contributed by atoms with Crippen molar-refractivity contribution in [3.63, 3.8) is 0 Å². The number of aromatic nitrogens is 1. The highest BCUT2D eigenvalue weighted by atomic mass is 16.5. The summed E-state index contributed by atoms with van der Waals surface area (Å²) in [5, 5.41) is 12.0. The molecule has 0 spiro atoms. The summed E-state index contributed by atoms with van der Waals surface area (Å²) in [4.78, 5) is 16.1. The third kappa shape index (κ3) is 4.68. The van der Waals surface area contributed by atoms with Crippen LogP contribution in [0.15, 0.2) is 73.1 Å². The van der Waals surface area contributed by atoms with Gasteiger partial charge in [-0.3, -0.25) is 9.78 Å². The molecule has 0 aliphatic carbocycles. The maximum Gasteiger partial charge on any atom is 0.262 e. The number of hydrogen-bond acceptors (Lipinski definition) is 4. The number of nitrogens with one attached hydrogen (secondary N) is 1. The quantitative estimate of drug-likeness (QED) is 0.688. The van der Waals surface area contributed by atoms with Crippen LogP contribution < -0.4 is 10.1 Å². The van der Waals surface area contributed by atoms with Crippen LogP contribution in [0.5, 0.6) is 5.75 Å². The molecule has 0 radical (unpaired) electrons. The van der Waals surface area contributed by atoms with E-state index < -0.39 is 0 Å². The van der Waals surface area contributed by atoms with E-state index in [0.717, 1.165) is 12.0 Å².